The lowest BCUT2D eigenvalue weighted by Gasteiger charge is -2.27. The van der Waals surface area contributed by atoms with Gasteiger partial charge in [-0.3, -0.25) is 0 Å². The van der Waals surface area contributed by atoms with Gasteiger partial charge in [-0.05, 0) is 56.6 Å². The van der Waals surface area contributed by atoms with Crippen LogP contribution in [0.15, 0.2) is 48.3 Å². The van der Waals surface area contributed by atoms with Gasteiger partial charge < -0.3 is 19.5 Å². The molecule has 0 bridgehead atoms. The molecular formula is C23H31FN4O3S2. The predicted molar refractivity (Wildman–Crippen MR) is 130 cm³/mol. The fraction of sp³-hybridized carbons (Fsp3) is 0.478. The van der Waals surface area contributed by atoms with Crippen LogP contribution in [0.25, 0.3) is 0 Å². The van der Waals surface area contributed by atoms with E-state index in [1.165, 1.54) is 24.3 Å². The summed E-state index contributed by atoms with van der Waals surface area (Å²) in [5.41, 5.74) is 1.22. The molecule has 2 aromatic rings. The van der Waals surface area contributed by atoms with Crippen LogP contribution in [-0.2, 0) is 33.4 Å². The van der Waals surface area contributed by atoms with Gasteiger partial charge in [0.1, 0.15) is 5.82 Å². The van der Waals surface area contributed by atoms with Gasteiger partial charge in [-0.15, -0.1) is 6.58 Å². The molecule has 0 amide bonds. The van der Waals surface area contributed by atoms with Crippen molar-refractivity contribution in [3.63, 3.8) is 0 Å². The maximum Gasteiger partial charge on any atom is 0.228 e. The van der Waals surface area contributed by atoms with Crippen molar-refractivity contribution < 1.29 is 17.5 Å². The van der Waals surface area contributed by atoms with Crippen molar-refractivity contribution in [1.29, 1.82) is 0 Å². The second-order valence-corrected chi connectivity index (χ2v) is 10.7. The third-order valence-electron chi connectivity index (χ3n) is 5.26. The van der Waals surface area contributed by atoms with Crippen LogP contribution >= 0.6 is 12.2 Å². The third-order valence-corrected chi connectivity index (χ3v) is 7.23. The molecule has 1 aromatic heterocycles. The van der Waals surface area contributed by atoms with E-state index in [-0.39, 0.29) is 23.1 Å². The van der Waals surface area contributed by atoms with Gasteiger partial charge in [0.15, 0.2) is 5.11 Å². The molecule has 33 heavy (non-hydrogen) atoms. The summed E-state index contributed by atoms with van der Waals surface area (Å²) in [5.74, 6) is -0.675. The van der Waals surface area contributed by atoms with Crippen molar-refractivity contribution in [1.82, 2.24) is 19.8 Å². The van der Waals surface area contributed by atoms with Crippen LogP contribution in [0.5, 0.6) is 0 Å². The standard InChI is InChI=1S/C23H31FN4O3S2/c1-4-11-27(22(32)26-17(2)3)14-20-13-25-23(28(20)15-21-6-5-12-31-21)33(29,30)16-18-7-9-19(24)10-8-18/h4,7-10,13,17,21H,1,5-6,11-12,14-16H2,2-3H3,(H,26,32)/t21-/m0/s1. The Morgan fingerprint density at radius 1 is 1.42 bits per heavy atom. The molecule has 0 saturated carbocycles. The highest BCUT2D eigenvalue weighted by Crippen LogP contribution is 2.22. The zero-order valence-electron chi connectivity index (χ0n) is 19.0. The molecule has 0 unspecified atom stereocenters. The topological polar surface area (TPSA) is 76.5 Å². The number of imidazole rings is 1. The number of hydrogen-bond acceptors (Lipinski definition) is 5. The van der Waals surface area contributed by atoms with Crippen LogP contribution in [0.3, 0.4) is 0 Å². The largest absolute Gasteiger partial charge is 0.376 e. The van der Waals surface area contributed by atoms with Crippen molar-refractivity contribution in [2.75, 3.05) is 13.2 Å². The summed E-state index contributed by atoms with van der Waals surface area (Å²) in [4.78, 5) is 6.22. The molecule has 1 aliphatic rings. The molecule has 1 saturated heterocycles. The van der Waals surface area contributed by atoms with Crippen molar-refractivity contribution in [3.05, 3.63) is 60.2 Å². The Labute approximate surface area is 200 Å². The van der Waals surface area contributed by atoms with Gasteiger partial charge >= 0.3 is 0 Å². The lowest BCUT2D eigenvalue weighted by Crippen LogP contribution is -2.42. The number of hydrogen-bond donors (Lipinski definition) is 1. The number of nitrogens with zero attached hydrogens (tertiary/aromatic N) is 3. The number of aromatic nitrogens is 2. The molecule has 7 nitrogen and oxygen atoms in total. The maximum atomic E-state index is 13.3. The fourth-order valence-electron chi connectivity index (χ4n) is 3.73. The van der Waals surface area contributed by atoms with E-state index in [2.05, 4.69) is 16.9 Å². The van der Waals surface area contributed by atoms with Crippen molar-refractivity contribution in [2.45, 2.75) is 62.8 Å². The molecule has 0 spiro atoms. The fourth-order valence-corrected chi connectivity index (χ4v) is 5.60. The Hall–Kier alpha value is -2.30. The van der Waals surface area contributed by atoms with Crippen LogP contribution in [-0.4, -0.2) is 53.3 Å². The van der Waals surface area contributed by atoms with E-state index in [9.17, 15) is 12.8 Å². The van der Waals surface area contributed by atoms with Gasteiger partial charge in [0, 0.05) is 19.2 Å². The van der Waals surface area contributed by atoms with Gasteiger partial charge in [0.25, 0.3) is 0 Å². The van der Waals surface area contributed by atoms with E-state index in [1.54, 1.807) is 16.8 Å². The molecule has 2 heterocycles. The Balaban J connectivity index is 1.92. The Kier molecular flexibility index (Phi) is 8.61. The normalized spacial score (nSPS) is 16.2. The maximum absolute atomic E-state index is 13.3. The Bertz CT molecular complexity index is 1060. The lowest BCUT2D eigenvalue weighted by molar-refractivity contribution is 0.0937. The van der Waals surface area contributed by atoms with E-state index in [0.717, 1.165) is 18.5 Å². The van der Waals surface area contributed by atoms with Crippen LogP contribution in [0.2, 0.25) is 0 Å². The molecule has 1 N–H and O–H groups in total. The van der Waals surface area contributed by atoms with Crippen molar-refractivity contribution in [3.8, 4) is 0 Å². The second kappa shape index (κ2) is 11.2. The summed E-state index contributed by atoms with van der Waals surface area (Å²) in [7, 11) is -3.78. The Morgan fingerprint density at radius 3 is 2.76 bits per heavy atom. The van der Waals surface area contributed by atoms with Crippen LogP contribution in [0.1, 0.15) is 37.9 Å². The summed E-state index contributed by atoms with van der Waals surface area (Å²) >= 11 is 5.54. The first-order chi connectivity index (χ1) is 15.7. The first-order valence-electron chi connectivity index (χ1n) is 11.0. The minimum Gasteiger partial charge on any atom is -0.376 e. The molecule has 1 aromatic carbocycles. The predicted octanol–water partition coefficient (Wildman–Crippen LogP) is 3.45. The average Bonchev–Trinajstić information content (AvgIpc) is 3.40. The number of thiocarbonyl (C=S) groups is 1. The molecule has 0 radical (unpaired) electrons. The molecular weight excluding hydrogens is 463 g/mol. The molecule has 10 heteroatoms. The van der Waals surface area contributed by atoms with Gasteiger partial charge in [0.2, 0.25) is 15.0 Å². The molecule has 1 atom stereocenters. The van der Waals surface area contributed by atoms with E-state index in [1.807, 2.05) is 18.7 Å². The first-order valence-corrected chi connectivity index (χ1v) is 13.0. The van der Waals surface area contributed by atoms with Gasteiger partial charge in [-0.1, -0.05) is 18.2 Å². The number of ether oxygens (including phenoxy) is 1. The summed E-state index contributed by atoms with van der Waals surface area (Å²) in [6.07, 6.45) is 5.06. The zero-order valence-corrected chi connectivity index (χ0v) is 20.7. The lowest BCUT2D eigenvalue weighted by atomic mass is 10.2. The van der Waals surface area contributed by atoms with Gasteiger partial charge in [-0.25, -0.2) is 17.8 Å². The molecule has 180 valence electrons. The average molecular weight is 495 g/mol. The summed E-state index contributed by atoms with van der Waals surface area (Å²) in [6.45, 7) is 9.74. The number of nitrogens with one attached hydrogen (secondary N) is 1. The smallest absolute Gasteiger partial charge is 0.228 e. The summed E-state index contributed by atoms with van der Waals surface area (Å²) < 4.78 is 47.4. The second-order valence-electron chi connectivity index (χ2n) is 8.44. The molecule has 0 aliphatic carbocycles. The van der Waals surface area contributed by atoms with E-state index in [4.69, 9.17) is 17.0 Å². The van der Waals surface area contributed by atoms with Crippen LogP contribution < -0.4 is 5.32 Å². The monoisotopic (exact) mass is 494 g/mol. The zero-order chi connectivity index (χ0) is 24.0. The quantitative estimate of drug-likeness (QED) is 0.401. The van der Waals surface area contributed by atoms with E-state index in [0.29, 0.717) is 36.9 Å². The number of rotatable bonds is 10. The minimum absolute atomic E-state index is 0.0152. The van der Waals surface area contributed by atoms with Crippen LogP contribution in [0.4, 0.5) is 4.39 Å². The van der Waals surface area contributed by atoms with E-state index >= 15 is 0 Å². The van der Waals surface area contributed by atoms with Crippen molar-refractivity contribution in [2.24, 2.45) is 0 Å². The highest BCUT2D eigenvalue weighted by atomic mass is 32.2. The highest BCUT2D eigenvalue weighted by Gasteiger charge is 2.28. The number of benzene rings is 1. The summed E-state index contributed by atoms with van der Waals surface area (Å²) in [5, 5.41) is 3.77. The number of sulfone groups is 1. The van der Waals surface area contributed by atoms with E-state index < -0.39 is 15.7 Å². The highest BCUT2D eigenvalue weighted by molar-refractivity contribution is 7.90. The molecule has 3 rings (SSSR count). The minimum atomic E-state index is -3.78. The number of halogens is 1. The first kappa shape index (κ1) is 25.3. The van der Waals surface area contributed by atoms with Gasteiger partial charge in [0.05, 0.1) is 36.8 Å². The summed E-state index contributed by atoms with van der Waals surface area (Å²) in [6, 6.07) is 5.62. The molecule has 1 fully saturated rings. The van der Waals surface area contributed by atoms with Gasteiger partial charge in [-0.2, -0.15) is 0 Å². The third kappa shape index (κ3) is 6.84. The van der Waals surface area contributed by atoms with Crippen molar-refractivity contribution >= 4 is 27.2 Å². The SMILES string of the molecule is C=CCN(Cc1cnc(S(=O)(=O)Cc2ccc(F)cc2)n1C[C@@H]1CCCO1)C(=S)NC(C)C. The van der Waals surface area contributed by atoms with Crippen LogP contribution in [0, 0.1) is 5.82 Å². The molecule has 1 aliphatic heterocycles. The Morgan fingerprint density at radius 2 is 2.15 bits per heavy atom.